The Morgan fingerprint density at radius 2 is 0.788 bits per heavy atom. The summed E-state index contributed by atoms with van der Waals surface area (Å²) in [5.74, 6) is 0. The van der Waals surface area contributed by atoms with Crippen molar-refractivity contribution in [3.63, 3.8) is 0 Å². The number of unbranched alkanes of at least 4 members (excludes halogenated alkanes) is 15. The normalized spacial score (nSPS) is 13.9. The SMILES string of the molecule is CCCCCCCCOP(=O)(O)OP(=O)(OCCCCCCCC)OCCCCCCCC. The van der Waals surface area contributed by atoms with Crippen LogP contribution in [0.5, 0.6) is 0 Å². The molecule has 0 radical (unpaired) electrons. The van der Waals surface area contributed by atoms with Gasteiger partial charge in [0.1, 0.15) is 0 Å². The van der Waals surface area contributed by atoms with E-state index in [9.17, 15) is 14.0 Å². The Morgan fingerprint density at radius 1 is 0.485 bits per heavy atom. The standard InChI is InChI=1S/C24H52O7P2/c1-4-7-10-13-16-19-22-28-32(25,26)31-33(27,29-23-20-17-14-11-8-5-2)30-24-21-18-15-12-9-6-3/h4-24H2,1-3H3,(H,25,26). The van der Waals surface area contributed by atoms with Crippen molar-refractivity contribution in [1.82, 2.24) is 0 Å². The van der Waals surface area contributed by atoms with E-state index in [-0.39, 0.29) is 19.8 Å². The van der Waals surface area contributed by atoms with E-state index in [4.69, 9.17) is 17.9 Å². The molecule has 0 saturated carbocycles. The zero-order chi connectivity index (χ0) is 24.7. The molecule has 0 bridgehead atoms. The minimum Gasteiger partial charge on any atom is -0.302 e. The summed E-state index contributed by atoms with van der Waals surface area (Å²) < 4.78 is 46.2. The van der Waals surface area contributed by atoms with E-state index in [1.54, 1.807) is 0 Å². The van der Waals surface area contributed by atoms with E-state index >= 15 is 0 Å². The average Bonchev–Trinajstić information content (AvgIpc) is 2.77. The first kappa shape index (κ1) is 33.3. The van der Waals surface area contributed by atoms with Crippen LogP contribution in [-0.2, 0) is 27.0 Å². The third kappa shape index (κ3) is 22.5. The monoisotopic (exact) mass is 514 g/mol. The highest BCUT2D eigenvalue weighted by Gasteiger charge is 2.38. The Morgan fingerprint density at radius 3 is 1.15 bits per heavy atom. The summed E-state index contributed by atoms with van der Waals surface area (Å²) in [6.45, 7) is 6.90. The fourth-order valence-electron chi connectivity index (χ4n) is 3.41. The molecule has 0 heterocycles. The van der Waals surface area contributed by atoms with Crippen LogP contribution in [0.15, 0.2) is 0 Å². The number of phosphoric ester groups is 2. The van der Waals surface area contributed by atoms with E-state index in [2.05, 4.69) is 20.8 Å². The molecule has 33 heavy (non-hydrogen) atoms. The van der Waals surface area contributed by atoms with Gasteiger partial charge in [-0.2, -0.15) is 4.31 Å². The molecular weight excluding hydrogens is 462 g/mol. The second-order valence-electron chi connectivity index (χ2n) is 8.80. The number of hydrogen-bond acceptors (Lipinski definition) is 6. The molecule has 0 aliphatic carbocycles. The summed E-state index contributed by atoms with van der Waals surface area (Å²) in [7, 11) is -8.70. The van der Waals surface area contributed by atoms with E-state index in [1.165, 1.54) is 38.5 Å². The molecule has 9 heteroatoms. The first-order chi connectivity index (χ1) is 15.9. The molecule has 0 aromatic carbocycles. The van der Waals surface area contributed by atoms with Gasteiger partial charge < -0.3 is 4.89 Å². The summed E-state index contributed by atoms with van der Waals surface area (Å²) in [5.41, 5.74) is 0. The summed E-state index contributed by atoms with van der Waals surface area (Å²) in [4.78, 5) is 10.1. The minimum atomic E-state index is -4.53. The van der Waals surface area contributed by atoms with Crippen molar-refractivity contribution in [1.29, 1.82) is 0 Å². The van der Waals surface area contributed by atoms with Gasteiger partial charge in [-0.1, -0.05) is 117 Å². The Hall–Kier alpha value is 0.260. The van der Waals surface area contributed by atoms with E-state index in [0.29, 0.717) is 19.3 Å². The summed E-state index contributed by atoms with van der Waals surface area (Å²) >= 11 is 0. The highest BCUT2D eigenvalue weighted by Crippen LogP contribution is 2.63. The van der Waals surface area contributed by atoms with E-state index < -0.39 is 15.6 Å². The van der Waals surface area contributed by atoms with Crippen molar-refractivity contribution in [2.75, 3.05) is 19.8 Å². The second-order valence-corrected chi connectivity index (χ2v) is 12.1. The molecule has 0 fully saturated rings. The van der Waals surface area contributed by atoms with Crippen molar-refractivity contribution < 1.29 is 31.9 Å². The average molecular weight is 515 g/mol. The molecule has 1 N–H and O–H groups in total. The quantitative estimate of drug-likeness (QED) is 0.0908. The molecule has 0 spiro atoms. The van der Waals surface area contributed by atoms with E-state index in [1.807, 2.05) is 0 Å². The van der Waals surface area contributed by atoms with Crippen LogP contribution in [0, 0.1) is 0 Å². The molecule has 0 aromatic rings. The van der Waals surface area contributed by atoms with Crippen LogP contribution in [-0.4, -0.2) is 24.7 Å². The first-order valence-corrected chi connectivity index (χ1v) is 16.4. The predicted molar refractivity (Wildman–Crippen MR) is 137 cm³/mol. The lowest BCUT2D eigenvalue weighted by molar-refractivity contribution is 0.123. The molecule has 0 amide bonds. The highest BCUT2D eigenvalue weighted by molar-refractivity contribution is 7.61. The van der Waals surface area contributed by atoms with Crippen molar-refractivity contribution in [2.24, 2.45) is 0 Å². The van der Waals surface area contributed by atoms with Crippen LogP contribution in [0.25, 0.3) is 0 Å². The van der Waals surface area contributed by atoms with Crippen LogP contribution in [0.4, 0.5) is 0 Å². The molecule has 1 atom stereocenters. The van der Waals surface area contributed by atoms with Gasteiger partial charge in [0.2, 0.25) is 0 Å². The van der Waals surface area contributed by atoms with Crippen LogP contribution >= 0.6 is 15.6 Å². The van der Waals surface area contributed by atoms with Gasteiger partial charge in [0.15, 0.2) is 0 Å². The second kappa shape index (κ2) is 22.7. The Labute approximate surface area is 203 Å². The third-order valence-corrected chi connectivity index (χ3v) is 8.58. The Bertz CT molecular complexity index is 495. The van der Waals surface area contributed by atoms with Gasteiger partial charge in [0, 0.05) is 0 Å². The molecular formula is C24H52O7P2. The van der Waals surface area contributed by atoms with Gasteiger partial charge in [0.25, 0.3) is 0 Å². The molecule has 7 nitrogen and oxygen atoms in total. The lowest BCUT2D eigenvalue weighted by atomic mass is 10.1. The fraction of sp³-hybridized carbons (Fsp3) is 1.00. The summed E-state index contributed by atoms with van der Waals surface area (Å²) in [5, 5.41) is 0. The molecule has 200 valence electrons. The summed E-state index contributed by atoms with van der Waals surface area (Å²) in [6, 6.07) is 0. The largest absolute Gasteiger partial charge is 0.483 e. The van der Waals surface area contributed by atoms with Gasteiger partial charge in [0.05, 0.1) is 19.8 Å². The zero-order valence-corrected chi connectivity index (χ0v) is 23.4. The number of phosphoric acid groups is 2. The minimum absolute atomic E-state index is 0.0781. The van der Waals surface area contributed by atoms with Gasteiger partial charge in [-0.15, -0.1) is 0 Å². The molecule has 0 aliphatic heterocycles. The topological polar surface area (TPSA) is 91.3 Å². The Balaban J connectivity index is 4.45. The predicted octanol–water partition coefficient (Wildman–Crippen LogP) is 9.34. The van der Waals surface area contributed by atoms with Gasteiger partial charge >= 0.3 is 15.6 Å². The maximum absolute atomic E-state index is 13.0. The zero-order valence-electron chi connectivity index (χ0n) is 21.6. The highest BCUT2D eigenvalue weighted by atomic mass is 31.3. The molecule has 0 rings (SSSR count). The lowest BCUT2D eigenvalue weighted by Gasteiger charge is -2.20. The van der Waals surface area contributed by atoms with Crippen molar-refractivity contribution in [3.05, 3.63) is 0 Å². The van der Waals surface area contributed by atoms with Crippen molar-refractivity contribution in [3.8, 4) is 0 Å². The third-order valence-electron chi connectivity index (χ3n) is 5.45. The van der Waals surface area contributed by atoms with Crippen molar-refractivity contribution >= 4 is 15.6 Å². The van der Waals surface area contributed by atoms with Gasteiger partial charge in [-0.25, -0.2) is 9.13 Å². The van der Waals surface area contributed by atoms with Crippen LogP contribution < -0.4 is 0 Å². The first-order valence-electron chi connectivity index (χ1n) is 13.5. The molecule has 0 aromatic heterocycles. The molecule has 0 aliphatic rings. The van der Waals surface area contributed by atoms with Gasteiger partial charge in [-0.05, 0) is 19.3 Å². The van der Waals surface area contributed by atoms with Crippen LogP contribution in [0.2, 0.25) is 0 Å². The van der Waals surface area contributed by atoms with E-state index in [0.717, 1.165) is 57.8 Å². The van der Waals surface area contributed by atoms with Crippen LogP contribution in [0.3, 0.4) is 0 Å². The molecule has 1 unspecified atom stereocenters. The number of rotatable bonds is 26. The molecule has 0 saturated heterocycles. The van der Waals surface area contributed by atoms with Crippen LogP contribution in [0.1, 0.15) is 136 Å². The maximum Gasteiger partial charge on any atom is 0.483 e. The number of hydrogen-bond donors (Lipinski definition) is 1. The summed E-state index contributed by atoms with van der Waals surface area (Å²) in [6.07, 6.45) is 18.7. The lowest BCUT2D eigenvalue weighted by Crippen LogP contribution is -2.04. The smallest absolute Gasteiger partial charge is 0.302 e. The maximum atomic E-state index is 13.0. The Kier molecular flexibility index (Phi) is 22.9. The van der Waals surface area contributed by atoms with Gasteiger partial charge in [-0.3, -0.25) is 13.6 Å². The fourth-order valence-corrected chi connectivity index (χ4v) is 6.13. The van der Waals surface area contributed by atoms with Crippen molar-refractivity contribution in [2.45, 2.75) is 136 Å².